The second-order valence-electron chi connectivity index (χ2n) is 12.8. The highest BCUT2D eigenvalue weighted by atomic mass is 16.2. The average molecular weight is 565 g/mol. The highest BCUT2D eigenvalue weighted by Gasteiger charge is 2.25. The molecule has 40 heavy (non-hydrogen) atoms. The number of rotatable bonds is 27. The zero-order chi connectivity index (χ0) is 30.2. The fourth-order valence-corrected chi connectivity index (χ4v) is 6.00. The van der Waals surface area contributed by atoms with Gasteiger partial charge in [0.2, 0.25) is 11.8 Å². The van der Waals surface area contributed by atoms with Gasteiger partial charge in [0.05, 0.1) is 0 Å². The van der Waals surface area contributed by atoms with E-state index in [0.29, 0.717) is 36.5 Å². The van der Waals surface area contributed by atoms with Gasteiger partial charge < -0.3 is 9.80 Å². The van der Waals surface area contributed by atoms with E-state index in [-0.39, 0.29) is 11.8 Å². The minimum Gasteiger partial charge on any atom is -0.342 e. The van der Waals surface area contributed by atoms with Gasteiger partial charge >= 0.3 is 0 Å². The van der Waals surface area contributed by atoms with Gasteiger partial charge in [-0.15, -0.1) is 0 Å². The summed E-state index contributed by atoms with van der Waals surface area (Å²) in [5, 5.41) is 0. The molecule has 0 saturated carbocycles. The van der Waals surface area contributed by atoms with Crippen LogP contribution in [0.15, 0.2) is 0 Å². The molecule has 4 nitrogen and oxygen atoms in total. The summed E-state index contributed by atoms with van der Waals surface area (Å²) in [7, 11) is 0. The predicted molar refractivity (Wildman–Crippen MR) is 176 cm³/mol. The molecular weight excluding hydrogens is 492 g/mol. The van der Waals surface area contributed by atoms with Crippen molar-refractivity contribution in [3.63, 3.8) is 0 Å². The van der Waals surface area contributed by atoms with E-state index in [1.807, 2.05) is 0 Å². The van der Waals surface area contributed by atoms with Crippen molar-refractivity contribution in [2.24, 2.45) is 23.7 Å². The van der Waals surface area contributed by atoms with Crippen molar-refractivity contribution in [2.45, 2.75) is 171 Å². The van der Waals surface area contributed by atoms with Gasteiger partial charge in [-0.05, 0) is 49.4 Å². The van der Waals surface area contributed by atoms with Crippen molar-refractivity contribution in [1.29, 1.82) is 0 Å². The molecule has 0 aliphatic rings. The lowest BCUT2D eigenvalue weighted by molar-refractivity contribution is -0.138. The van der Waals surface area contributed by atoms with Gasteiger partial charge in [0.25, 0.3) is 0 Å². The summed E-state index contributed by atoms with van der Waals surface area (Å²) in [5.41, 5.74) is 0. The zero-order valence-electron chi connectivity index (χ0n) is 28.6. The molecule has 4 atom stereocenters. The molecule has 4 heteroatoms. The van der Waals surface area contributed by atoms with Crippen molar-refractivity contribution in [1.82, 2.24) is 9.80 Å². The van der Waals surface area contributed by atoms with E-state index in [2.05, 4.69) is 65.2 Å². The quantitative estimate of drug-likeness (QED) is 0.0995. The first kappa shape index (κ1) is 38.9. The predicted octanol–water partition coefficient (Wildman–Crippen LogP) is 10.3. The summed E-state index contributed by atoms with van der Waals surface area (Å²) >= 11 is 0. The number of hydrogen-bond donors (Lipinski definition) is 0. The number of carbonyl (C=O) groups excluding carboxylic acids is 2. The van der Waals surface area contributed by atoms with Gasteiger partial charge in [-0.25, -0.2) is 0 Å². The standard InChI is InChI=1S/C36H72N2O2/c1-9-17-21-31(13-5)27-37(28-32(14-6)22-18-10-2)35(39)25-26-36(40)38(29-33(15-7)23-19-11-3)30-34(16-8)24-20-12-4/h31-34H,9-30H2,1-8H3. The summed E-state index contributed by atoms with van der Waals surface area (Å²) in [5.74, 6) is 2.66. The fraction of sp³-hybridized carbons (Fsp3) is 0.944. The lowest BCUT2D eigenvalue weighted by Gasteiger charge is -2.32. The van der Waals surface area contributed by atoms with Crippen molar-refractivity contribution >= 4 is 11.8 Å². The molecule has 0 rings (SSSR count). The Morgan fingerprint density at radius 2 is 0.650 bits per heavy atom. The average Bonchev–Trinajstić information content (AvgIpc) is 2.97. The number of nitrogens with zero attached hydrogens (tertiary/aromatic N) is 2. The molecular formula is C36H72N2O2. The Bertz CT molecular complexity index is 520. The number of hydrogen-bond acceptors (Lipinski definition) is 2. The minimum absolute atomic E-state index is 0.203. The minimum atomic E-state index is 0.203. The SMILES string of the molecule is CCCCC(CC)CN(CC(CC)CCCC)C(=O)CCC(=O)N(CC(CC)CCCC)CC(CC)CCCC. The highest BCUT2D eigenvalue weighted by Crippen LogP contribution is 2.22. The molecule has 0 fully saturated rings. The first-order chi connectivity index (χ1) is 19.3. The maximum Gasteiger partial charge on any atom is 0.223 e. The zero-order valence-corrected chi connectivity index (χ0v) is 28.6. The summed E-state index contributed by atoms with van der Waals surface area (Å²) in [6.45, 7) is 21.5. The van der Waals surface area contributed by atoms with Crippen LogP contribution in [0.4, 0.5) is 0 Å². The highest BCUT2D eigenvalue weighted by molar-refractivity contribution is 5.84. The molecule has 0 aromatic heterocycles. The lowest BCUT2D eigenvalue weighted by atomic mass is 9.95. The molecule has 0 radical (unpaired) electrons. The van der Waals surface area contributed by atoms with Gasteiger partial charge in [0.15, 0.2) is 0 Å². The van der Waals surface area contributed by atoms with E-state index in [1.165, 1.54) is 77.0 Å². The summed E-state index contributed by atoms with van der Waals surface area (Å²) < 4.78 is 0. The molecule has 0 saturated heterocycles. The number of unbranched alkanes of at least 4 members (excludes halogenated alkanes) is 4. The number of amides is 2. The van der Waals surface area contributed by atoms with Crippen LogP contribution in [0.1, 0.15) is 171 Å². The topological polar surface area (TPSA) is 40.6 Å². The van der Waals surface area contributed by atoms with Crippen LogP contribution in [0.25, 0.3) is 0 Å². The second kappa shape index (κ2) is 25.6. The molecule has 4 unspecified atom stereocenters. The van der Waals surface area contributed by atoms with E-state index < -0.39 is 0 Å². The van der Waals surface area contributed by atoms with Gasteiger partial charge in [-0.2, -0.15) is 0 Å². The smallest absolute Gasteiger partial charge is 0.223 e. The summed E-state index contributed by atoms with van der Waals surface area (Å²) in [4.78, 5) is 31.8. The van der Waals surface area contributed by atoms with Gasteiger partial charge in [-0.3, -0.25) is 9.59 Å². The maximum absolute atomic E-state index is 13.7. The Balaban J connectivity index is 5.59. The third-order valence-electron chi connectivity index (χ3n) is 9.35. The van der Waals surface area contributed by atoms with Crippen LogP contribution in [0.3, 0.4) is 0 Å². The molecule has 0 spiro atoms. The molecule has 0 N–H and O–H groups in total. The van der Waals surface area contributed by atoms with Crippen molar-refractivity contribution in [3.05, 3.63) is 0 Å². The first-order valence-electron chi connectivity index (χ1n) is 17.9. The fourth-order valence-electron chi connectivity index (χ4n) is 6.00. The molecule has 0 aromatic rings. The Kier molecular flexibility index (Phi) is 25.0. The molecule has 0 aliphatic heterocycles. The van der Waals surface area contributed by atoms with E-state index in [1.54, 1.807) is 0 Å². The Morgan fingerprint density at radius 3 is 0.825 bits per heavy atom. The van der Waals surface area contributed by atoms with Gasteiger partial charge in [0.1, 0.15) is 0 Å². The van der Waals surface area contributed by atoms with Gasteiger partial charge in [-0.1, -0.05) is 132 Å². The van der Waals surface area contributed by atoms with Crippen LogP contribution in [0.2, 0.25) is 0 Å². The van der Waals surface area contributed by atoms with E-state index in [0.717, 1.165) is 51.9 Å². The van der Waals surface area contributed by atoms with Crippen LogP contribution in [-0.2, 0) is 9.59 Å². The molecule has 0 heterocycles. The van der Waals surface area contributed by atoms with Gasteiger partial charge in [0, 0.05) is 39.0 Å². The third kappa shape index (κ3) is 17.7. The monoisotopic (exact) mass is 565 g/mol. The molecule has 0 bridgehead atoms. The van der Waals surface area contributed by atoms with E-state index >= 15 is 0 Å². The van der Waals surface area contributed by atoms with Crippen molar-refractivity contribution < 1.29 is 9.59 Å². The molecule has 0 aromatic carbocycles. The van der Waals surface area contributed by atoms with Crippen molar-refractivity contribution in [2.75, 3.05) is 26.2 Å². The first-order valence-corrected chi connectivity index (χ1v) is 17.9. The van der Waals surface area contributed by atoms with Crippen LogP contribution < -0.4 is 0 Å². The second-order valence-corrected chi connectivity index (χ2v) is 12.8. The Morgan fingerprint density at radius 1 is 0.425 bits per heavy atom. The van der Waals surface area contributed by atoms with Crippen LogP contribution in [-0.4, -0.2) is 47.8 Å². The number of carbonyl (C=O) groups is 2. The van der Waals surface area contributed by atoms with Crippen molar-refractivity contribution in [3.8, 4) is 0 Å². The Hall–Kier alpha value is -1.06. The van der Waals surface area contributed by atoms with Crippen LogP contribution in [0, 0.1) is 23.7 Å². The molecule has 0 aliphatic carbocycles. The Labute approximate surface area is 251 Å². The largest absolute Gasteiger partial charge is 0.342 e. The molecule has 238 valence electrons. The summed E-state index contributed by atoms with van der Waals surface area (Å²) in [6, 6.07) is 0. The van der Waals surface area contributed by atoms with E-state index in [4.69, 9.17) is 0 Å². The summed E-state index contributed by atoms with van der Waals surface area (Å²) in [6.07, 6.45) is 19.7. The lowest BCUT2D eigenvalue weighted by Crippen LogP contribution is -2.41. The molecule has 2 amide bonds. The van der Waals surface area contributed by atoms with Crippen LogP contribution >= 0.6 is 0 Å². The maximum atomic E-state index is 13.7. The van der Waals surface area contributed by atoms with E-state index in [9.17, 15) is 9.59 Å². The normalized spacial score (nSPS) is 14.5. The third-order valence-corrected chi connectivity index (χ3v) is 9.35. The van der Waals surface area contributed by atoms with Crippen LogP contribution in [0.5, 0.6) is 0 Å².